The van der Waals surface area contributed by atoms with Gasteiger partial charge < -0.3 is 89.0 Å². The van der Waals surface area contributed by atoms with Gasteiger partial charge in [-0.15, -0.1) is 0 Å². The first-order valence-corrected chi connectivity index (χ1v) is 23.8. The predicted octanol–water partition coefficient (Wildman–Crippen LogP) is -0.177. The number of hydrogen-bond donors (Lipinski definition) is 10. The molecule has 0 aromatic carbocycles. The molecule has 26 atom stereocenters. The van der Waals surface area contributed by atoms with Gasteiger partial charge in [-0.1, -0.05) is 39.3 Å². The van der Waals surface area contributed by atoms with E-state index in [0.717, 1.165) is 32.1 Å². The highest BCUT2D eigenvalue weighted by Crippen LogP contribution is 2.70. The number of fused-ring (bicyclic) bond motifs is 7. The summed E-state index contributed by atoms with van der Waals surface area (Å²) in [6, 6.07) is 0. The van der Waals surface area contributed by atoms with Crippen LogP contribution in [-0.4, -0.2) is 188 Å². The van der Waals surface area contributed by atoms with E-state index in [2.05, 4.69) is 26.8 Å². The van der Waals surface area contributed by atoms with E-state index in [-0.39, 0.29) is 41.5 Å². The summed E-state index contributed by atoms with van der Waals surface area (Å²) in [5, 5.41) is 104. The van der Waals surface area contributed by atoms with E-state index < -0.39 is 111 Å². The molecule has 8 aliphatic rings. The highest BCUT2D eigenvalue weighted by Gasteiger charge is 2.68. The fourth-order valence-electron chi connectivity index (χ4n) is 13.8. The molecule has 0 aromatic heterocycles. The first kappa shape index (κ1) is 49.4. The van der Waals surface area contributed by atoms with E-state index in [1.807, 2.05) is 6.92 Å². The molecule has 4 heterocycles. The molecule has 4 aliphatic heterocycles. The molecule has 7 fully saturated rings. The van der Waals surface area contributed by atoms with Crippen molar-refractivity contribution in [2.24, 2.45) is 46.3 Å². The maximum absolute atomic E-state index is 11.2. The molecular formula is C46H76O18. The van der Waals surface area contributed by atoms with Crippen molar-refractivity contribution in [2.75, 3.05) is 26.9 Å². The van der Waals surface area contributed by atoms with Crippen LogP contribution in [0.1, 0.15) is 92.4 Å². The lowest BCUT2D eigenvalue weighted by Crippen LogP contribution is -2.64. The smallest absolute Gasteiger partial charge is 0.187 e. The van der Waals surface area contributed by atoms with E-state index in [9.17, 15) is 51.1 Å². The molecule has 18 nitrogen and oxygen atoms in total. The zero-order valence-electron chi connectivity index (χ0n) is 38.1. The Morgan fingerprint density at radius 3 is 2.09 bits per heavy atom. The molecule has 3 unspecified atom stereocenters. The Labute approximate surface area is 375 Å². The third-order valence-corrected chi connectivity index (χ3v) is 17.7. The fraction of sp³-hybridized carbons (Fsp3) is 0.957. The Bertz CT molecular complexity index is 1620. The van der Waals surface area contributed by atoms with Gasteiger partial charge in [0, 0.05) is 19.4 Å². The molecular weight excluding hydrogens is 840 g/mol. The summed E-state index contributed by atoms with van der Waals surface area (Å²) in [5.74, 6) is 1.17. The Morgan fingerprint density at radius 1 is 0.750 bits per heavy atom. The molecule has 4 aliphatic carbocycles. The number of methoxy groups -OCH3 is 1. The lowest BCUT2D eigenvalue weighted by atomic mass is 9.47. The van der Waals surface area contributed by atoms with Crippen LogP contribution in [0, 0.1) is 46.3 Å². The predicted molar refractivity (Wildman–Crippen MR) is 222 cm³/mol. The third kappa shape index (κ3) is 8.48. The molecule has 4 saturated heterocycles. The van der Waals surface area contributed by atoms with Crippen LogP contribution in [0.2, 0.25) is 0 Å². The highest BCUT2D eigenvalue weighted by atomic mass is 16.8. The average molecular weight is 917 g/mol. The Balaban J connectivity index is 0.896. The normalized spacial score (nSPS) is 54.3. The minimum Gasteiger partial charge on any atom is -0.394 e. The molecule has 368 valence electrons. The molecule has 10 N–H and O–H groups in total. The van der Waals surface area contributed by atoms with E-state index >= 15 is 0 Å². The SMILES string of the molecule is COC1(CCC(C)CO[C@@H]2O[C@H](CO)[C@@H](O)[C@H](O)[C@H]2O)OC2C[C@H]3[C@@H]4CC=C5C[C@@H](O[C@@H]6O[C@H](CO)[C@@H](O)[C@H](O)[C@H]6O[C@@H]6O[C@@H](C)[C@H](O)[C@@H](O)[C@H]6O)CC[C@]5(C)[C@H]4CC[C@]3(C)[C@H]2[C@@H]1C. The number of aliphatic hydroxyl groups is 10. The molecule has 64 heavy (non-hydrogen) atoms. The first-order chi connectivity index (χ1) is 30.3. The van der Waals surface area contributed by atoms with Gasteiger partial charge in [0.1, 0.15) is 67.1 Å². The lowest BCUT2D eigenvalue weighted by molar-refractivity contribution is -0.369. The molecule has 8 rings (SSSR count). The Morgan fingerprint density at radius 2 is 1.41 bits per heavy atom. The van der Waals surface area contributed by atoms with Crippen molar-refractivity contribution in [1.82, 2.24) is 0 Å². The Kier molecular flexibility index (Phi) is 14.7. The van der Waals surface area contributed by atoms with Gasteiger partial charge >= 0.3 is 0 Å². The van der Waals surface area contributed by atoms with E-state index in [4.69, 9.17) is 37.9 Å². The third-order valence-electron chi connectivity index (χ3n) is 17.7. The van der Waals surface area contributed by atoms with Gasteiger partial charge in [-0.25, -0.2) is 0 Å². The number of rotatable bonds is 13. The molecule has 0 amide bonds. The van der Waals surface area contributed by atoms with Crippen molar-refractivity contribution in [3.63, 3.8) is 0 Å². The molecule has 3 saturated carbocycles. The van der Waals surface area contributed by atoms with Crippen LogP contribution in [0.3, 0.4) is 0 Å². The van der Waals surface area contributed by atoms with Crippen LogP contribution in [0.5, 0.6) is 0 Å². The van der Waals surface area contributed by atoms with Crippen molar-refractivity contribution >= 4 is 0 Å². The van der Waals surface area contributed by atoms with Gasteiger partial charge in [0.05, 0.1) is 38.1 Å². The molecule has 0 aromatic rings. The van der Waals surface area contributed by atoms with E-state index in [1.165, 1.54) is 12.5 Å². The highest BCUT2D eigenvalue weighted by molar-refractivity contribution is 5.26. The topological polar surface area (TPSA) is 276 Å². The number of hydrogen-bond acceptors (Lipinski definition) is 18. The minimum atomic E-state index is -1.64. The standard InChI is InChI=1S/C46H76O18/c1-20(19-58-41-38(55)36(53)33(50)29(17-47)61-41)9-14-46(57-6)21(2)31-28(64-46)16-27-25-8-7-23-15-24(10-12-44(23,4)26(25)11-13-45(27,31)5)60-43-40(37(54)34(51)30(18-48)62-43)63-42-39(56)35(52)32(49)22(3)59-42/h7,20-22,24-43,47-56H,8-19H2,1-6H3/t20?,21-,22-,24-,25+,26-,27-,28?,29+,30+,31-,32-,33+,34+,35+,36-,37-,38+,39+,40+,41+,42-,43+,44-,45-,46?/m0/s1. The van der Waals surface area contributed by atoms with Crippen LogP contribution >= 0.6 is 0 Å². The minimum absolute atomic E-state index is 0.0284. The van der Waals surface area contributed by atoms with E-state index in [0.29, 0.717) is 49.4 Å². The molecule has 0 bridgehead atoms. The summed E-state index contributed by atoms with van der Waals surface area (Å²) in [6.45, 7) is 9.84. The monoisotopic (exact) mass is 917 g/mol. The van der Waals surface area contributed by atoms with Crippen LogP contribution in [0.25, 0.3) is 0 Å². The van der Waals surface area contributed by atoms with Gasteiger partial charge in [0.15, 0.2) is 24.7 Å². The van der Waals surface area contributed by atoms with Gasteiger partial charge in [0.25, 0.3) is 0 Å². The van der Waals surface area contributed by atoms with Crippen molar-refractivity contribution in [3.8, 4) is 0 Å². The molecule has 0 spiro atoms. The number of allylic oxidation sites excluding steroid dienone is 1. The van der Waals surface area contributed by atoms with E-state index in [1.54, 1.807) is 7.11 Å². The van der Waals surface area contributed by atoms with Crippen LogP contribution in [-0.2, 0) is 37.9 Å². The lowest BCUT2D eigenvalue weighted by Gasteiger charge is -2.58. The summed E-state index contributed by atoms with van der Waals surface area (Å²) >= 11 is 0. The number of ether oxygens (including phenoxy) is 8. The second-order valence-corrected chi connectivity index (χ2v) is 21.2. The van der Waals surface area contributed by atoms with Gasteiger partial charge in [-0.3, -0.25) is 0 Å². The largest absolute Gasteiger partial charge is 0.394 e. The van der Waals surface area contributed by atoms with Gasteiger partial charge in [-0.05, 0) is 98.7 Å². The second-order valence-electron chi connectivity index (χ2n) is 21.2. The summed E-state index contributed by atoms with van der Waals surface area (Å²) in [7, 11) is 1.73. The zero-order valence-corrected chi connectivity index (χ0v) is 38.1. The van der Waals surface area contributed by atoms with Crippen LogP contribution in [0.15, 0.2) is 11.6 Å². The summed E-state index contributed by atoms with van der Waals surface area (Å²) in [4.78, 5) is 0. The van der Waals surface area contributed by atoms with Crippen LogP contribution < -0.4 is 0 Å². The quantitative estimate of drug-likeness (QED) is 0.107. The van der Waals surface area contributed by atoms with Gasteiger partial charge in [0.2, 0.25) is 0 Å². The van der Waals surface area contributed by atoms with Crippen LogP contribution in [0.4, 0.5) is 0 Å². The Hall–Kier alpha value is -0.980. The summed E-state index contributed by atoms with van der Waals surface area (Å²) in [6.07, 6.45) is -10.5. The summed E-state index contributed by atoms with van der Waals surface area (Å²) in [5.41, 5.74) is 1.36. The maximum atomic E-state index is 11.2. The van der Waals surface area contributed by atoms with Gasteiger partial charge in [-0.2, -0.15) is 0 Å². The zero-order chi connectivity index (χ0) is 46.2. The number of aliphatic hydroxyl groups excluding tert-OH is 10. The van der Waals surface area contributed by atoms with Crippen molar-refractivity contribution in [1.29, 1.82) is 0 Å². The van der Waals surface area contributed by atoms with Crippen molar-refractivity contribution in [2.45, 2.75) is 203 Å². The van der Waals surface area contributed by atoms with Crippen molar-refractivity contribution in [3.05, 3.63) is 11.6 Å². The summed E-state index contributed by atoms with van der Waals surface area (Å²) < 4.78 is 48.9. The molecule has 0 radical (unpaired) electrons. The first-order valence-electron chi connectivity index (χ1n) is 23.8. The molecule has 18 heteroatoms. The maximum Gasteiger partial charge on any atom is 0.187 e. The fourth-order valence-corrected chi connectivity index (χ4v) is 13.8. The van der Waals surface area contributed by atoms with Crippen molar-refractivity contribution < 1.29 is 89.0 Å². The average Bonchev–Trinajstić information content (AvgIpc) is 3.74. The second kappa shape index (κ2) is 19.1.